The molecule has 0 amide bonds. The van der Waals surface area contributed by atoms with Crippen LogP contribution in [0, 0.1) is 0 Å². The minimum absolute atomic E-state index is 0.421. The molecule has 260 valence electrons. The van der Waals surface area contributed by atoms with Gasteiger partial charge in [-0.25, -0.2) is 0 Å². The van der Waals surface area contributed by atoms with E-state index in [0.717, 1.165) is 38.0 Å². The van der Waals surface area contributed by atoms with E-state index in [1.807, 2.05) is 6.26 Å². The normalized spacial score (nSPS) is 14.9. The van der Waals surface area contributed by atoms with Crippen LogP contribution < -0.4 is 0 Å². The van der Waals surface area contributed by atoms with Gasteiger partial charge in [0.1, 0.15) is 12.0 Å². The summed E-state index contributed by atoms with van der Waals surface area (Å²) in [5, 5.41) is 0. The Morgan fingerprint density at radius 3 is 1.29 bits per heavy atom. The highest BCUT2D eigenvalue weighted by atomic mass is 16.7. The smallest absolute Gasteiger partial charge is 0.250 e. The molecule has 3 nitrogen and oxygen atoms in total. The predicted molar refractivity (Wildman–Crippen MR) is 199 cm³/mol. The van der Waals surface area contributed by atoms with Crippen LogP contribution in [0.25, 0.3) is 0 Å². The fourth-order valence-electron chi connectivity index (χ4n) is 5.95. The Morgan fingerprint density at radius 1 is 0.511 bits per heavy atom. The largest absolute Gasteiger partial charge is 0.456 e. The van der Waals surface area contributed by atoms with Crippen molar-refractivity contribution >= 4 is 0 Å². The summed E-state index contributed by atoms with van der Waals surface area (Å²) in [6.45, 7) is 5.35. The summed E-state index contributed by atoms with van der Waals surface area (Å²) in [7, 11) is 4.18. The molecule has 0 aromatic carbocycles. The third-order valence-electron chi connectivity index (χ3n) is 8.71. The first-order valence-electron chi connectivity index (χ1n) is 19.4. The number of nitrogens with zero attached hydrogens (tertiary/aromatic N) is 1. The van der Waals surface area contributed by atoms with E-state index in [1.165, 1.54) is 141 Å². The van der Waals surface area contributed by atoms with Gasteiger partial charge in [0.2, 0.25) is 5.79 Å². The van der Waals surface area contributed by atoms with Gasteiger partial charge in [-0.15, -0.1) is 0 Å². The zero-order valence-corrected chi connectivity index (χ0v) is 30.6. The molecule has 0 aromatic heterocycles. The Kier molecular flexibility index (Phi) is 28.3. The Labute approximate surface area is 281 Å². The van der Waals surface area contributed by atoms with Crippen LogP contribution in [0.3, 0.4) is 0 Å². The summed E-state index contributed by atoms with van der Waals surface area (Å²) in [4.78, 5) is 2.16. The van der Waals surface area contributed by atoms with Gasteiger partial charge in [0.15, 0.2) is 0 Å². The lowest BCUT2D eigenvalue weighted by atomic mass is 9.98. The Bertz CT molecular complexity index is 743. The Morgan fingerprint density at radius 2 is 0.889 bits per heavy atom. The molecule has 0 aliphatic carbocycles. The zero-order chi connectivity index (χ0) is 32.5. The number of rotatable bonds is 32. The van der Waals surface area contributed by atoms with E-state index in [9.17, 15) is 0 Å². The van der Waals surface area contributed by atoms with E-state index in [0.29, 0.717) is 0 Å². The zero-order valence-electron chi connectivity index (χ0n) is 30.6. The second kappa shape index (κ2) is 30.9. The molecule has 0 saturated carbocycles. The molecule has 0 N–H and O–H groups in total. The van der Waals surface area contributed by atoms with Crippen molar-refractivity contribution in [3.05, 3.63) is 60.6 Å². The van der Waals surface area contributed by atoms with Gasteiger partial charge in [0.25, 0.3) is 0 Å². The van der Waals surface area contributed by atoms with Crippen LogP contribution in [0.5, 0.6) is 0 Å². The van der Waals surface area contributed by atoms with Gasteiger partial charge in [0.05, 0.1) is 6.54 Å². The second-order valence-corrected chi connectivity index (χ2v) is 13.6. The van der Waals surface area contributed by atoms with Crippen molar-refractivity contribution in [1.29, 1.82) is 0 Å². The highest BCUT2D eigenvalue weighted by Crippen LogP contribution is 2.36. The van der Waals surface area contributed by atoms with Crippen LogP contribution in [0.15, 0.2) is 60.6 Å². The summed E-state index contributed by atoms with van der Waals surface area (Å²) in [5.74, 6) is 0.565. The van der Waals surface area contributed by atoms with Crippen molar-refractivity contribution in [3.63, 3.8) is 0 Å². The van der Waals surface area contributed by atoms with E-state index in [4.69, 9.17) is 9.47 Å². The van der Waals surface area contributed by atoms with Gasteiger partial charge in [-0.05, 0) is 91.1 Å². The molecule has 3 heteroatoms. The summed E-state index contributed by atoms with van der Waals surface area (Å²) < 4.78 is 12.7. The van der Waals surface area contributed by atoms with Crippen LogP contribution in [0.4, 0.5) is 0 Å². The third kappa shape index (κ3) is 26.1. The van der Waals surface area contributed by atoms with Gasteiger partial charge >= 0.3 is 0 Å². The van der Waals surface area contributed by atoms with Crippen molar-refractivity contribution in [3.8, 4) is 0 Å². The Hall–Kier alpha value is -1.74. The lowest BCUT2D eigenvalue weighted by Gasteiger charge is -2.29. The quantitative estimate of drug-likeness (QED) is 0.0548. The maximum absolute atomic E-state index is 6.48. The molecule has 1 rings (SSSR count). The van der Waals surface area contributed by atoms with Crippen molar-refractivity contribution in [2.45, 2.75) is 187 Å². The van der Waals surface area contributed by atoms with Crippen molar-refractivity contribution in [2.24, 2.45) is 0 Å². The van der Waals surface area contributed by atoms with E-state index >= 15 is 0 Å². The highest BCUT2D eigenvalue weighted by Gasteiger charge is 2.37. The van der Waals surface area contributed by atoms with Crippen LogP contribution >= 0.6 is 0 Å². The van der Waals surface area contributed by atoms with Gasteiger partial charge < -0.3 is 14.4 Å². The second-order valence-electron chi connectivity index (χ2n) is 13.6. The van der Waals surface area contributed by atoms with Crippen molar-refractivity contribution < 1.29 is 9.47 Å². The average molecular weight is 626 g/mol. The molecule has 0 atom stereocenters. The lowest BCUT2D eigenvalue weighted by Crippen LogP contribution is -2.31. The predicted octanol–water partition coefficient (Wildman–Crippen LogP) is 13.5. The first-order valence-corrected chi connectivity index (χ1v) is 19.4. The van der Waals surface area contributed by atoms with Crippen LogP contribution in [-0.2, 0) is 9.47 Å². The van der Waals surface area contributed by atoms with Gasteiger partial charge in [-0.3, -0.25) is 0 Å². The number of ether oxygens (including phenoxy) is 2. The molecule has 1 aliphatic heterocycles. The molecule has 0 unspecified atom stereocenters. The summed E-state index contributed by atoms with van der Waals surface area (Å²) >= 11 is 0. The molecular weight excluding hydrogens is 550 g/mol. The van der Waals surface area contributed by atoms with E-state index in [-0.39, 0.29) is 0 Å². The molecule has 0 radical (unpaired) electrons. The van der Waals surface area contributed by atoms with Crippen molar-refractivity contribution in [1.82, 2.24) is 4.90 Å². The third-order valence-corrected chi connectivity index (χ3v) is 8.71. The monoisotopic (exact) mass is 626 g/mol. The summed E-state index contributed by atoms with van der Waals surface area (Å²) in [6, 6.07) is 0. The van der Waals surface area contributed by atoms with Gasteiger partial charge in [0, 0.05) is 12.8 Å². The van der Waals surface area contributed by atoms with Crippen molar-refractivity contribution in [2.75, 3.05) is 20.6 Å². The average Bonchev–Trinajstić information content (AvgIpc) is 3.42. The molecule has 0 spiro atoms. The van der Waals surface area contributed by atoms with E-state index in [1.54, 1.807) is 0 Å². The van der Waals surface area contributed by atoms with Gasteiger partial charge in [-0.1, -0.05) is 140 Å². The molecule has 1 aliphatic rings. The number of hydrogen-bond acceptors (Lipinski definition) is 3. The number of allylic oxidation sites excluding steroid dienone is 8. The van der Waals surface area contributed by atoms with Gasteiger partial charge in [-0.2, -0.15) is 0 Å². The molecule has 45 heavy (non-hydrogen) atoms. The fraction of sp³-hybridized carbons (Fsp3) is 0.762. The van der Waals surface area contributed by atoms with E-state index < -0.39 is 5.79 Å². The SMILES string of the molecule is CCCCC/C=C\C/C=C\CCCCCCCCC1(CCCCCCCC/C=C\C/C=C\CCCCC)OC=C(CN(C)C)O1. The molecule has 0 aromatic rings. The maximum Gasteiger partial charge on any atom is 0.250 e. The Balaban J connectivity index is 2.13. The minimum atomic E-state index is -0.421. The topological polar surface area (TPSA) is 21.7 Å². The molecule has 0 saturated heterocycles. The standard InChI is InChI=1S/C42H75NO2/c1-5-7-9-11-13-15-17-19-21-23-25-27-29-31-33-35-37-42(44-40-41(45-42)39-43(3)4)38-36-34-32-30-28-26-24-22-20-18-16-14-12-10-8-6-2/h13-16,19-22,40H,5-12,17-18,23-39H2,1-4H3/b15-13-,16-14-,21-19-,22-20-. The molecule has 0 fully saturated rings. The first-order chi connectivity index (χ1) is 22.1. The summed E-state index contributed by atoms with van der Waals surface area (Å²) in [5.41, 5.74) is 0. The molecule has 0 bridgehead atoms. The fourth-order valence-corrected chi connectivity index (χ4v) is 5.95. The van der Waals surface area contributed by atoms with E-state index in [2.05, 4.69) is 81.5 Å². The molecular formula is C42H75NO2. The highest BCUT2D eigenvalue weighted by molar-refractivity contribution is 4.99. The van der Waals surface area contributed by atoms with Crippen LogP contribution in [-0.4, -0.2) is 31.3 Å². The number of unbranched alkanes of at least 4 members (excludes halogenated alkanes) is 18. The van der Waals surface area contributed by atoms with Crippen LogP contribution in [0.1, 0.15) is 181 Å². The number of likely N-dealkylation sites (N-methyl/N-ethyl adjacent to an activating group) is 1. The summed E-state index contributed by atoms with van der Waals surface area (Å²) in [6.07, 6.45) is 53.4. The number of hydrogen-bond donors (Lipinski definition) is 0. The maximum atomic E-state index is 6.48. The molecule has 1 heterocycles. The van der Waals surface area contributed by atoms with Crippen LogP contribution in [0.2, 0.25) is 0 Å². The minimum Gasteiger partial charge on any atom is -0.456 e. The first kappa shape index (κ1) is 41.3. The lowest BCUT2D eigenvalue weighted by molar-refractivity contribution is -0.161.